The molecule has 0 fully saturated rings. The minimum absolute atomic E-state index is 0.484. The van der Waals surface area contributed by atoms with Crippen molar-refractivity contribution in [3.8, 4) is 35.3 Å². The summed E-state index contributed by atoms with van der Waals surface area (Å²) in [6.07, 6.45) is 5.39. The second-order valence-corrected chi connectivity index (χ2v) is 7.82. The molecule has 0 saturated heterocycles. The first-order valence-corrected chi connectivity index (χ1v) is 11.4. The van der Waals surface area contributed by atoms with Crippen LogP contribution in [0.2, 0.25) is 0 Å². The Kier molecular flexibility index (Phi) is 11.2. The number of benzene rings is 3. The molecule has 3 rings (SSSR count). The molecular formula is C27H28N2O5S. The van der Waals surface area contributed by atoms with Gasteiger partial charge < -0.3 is 24.7 Å². The Balaban J connectivity index is 0.000000258. The zero-order chi connectivity index (χ0) is 25.6. The third-order valence-corrected chi connectivity index (χ3v) is 5.53. The number of aldehydes is 1. The number of terminal acetylenes is 1. The molecule has 0 heterocycles. The average molecular weight is 493 g/mol. The van der Waals surface area contributed by atoms with E-state index in [-0.39, 0.29) is 0 Å². The number of aliphatic imine (C=N–C) groups is 1. The van der Waals surface area contributed by atoms with Gasteiger partial charge in [0, 0.05) is 22.4 Å². The van der Waals surface area contributed by atoms with Crippen LogP contribution in [0, 0.1) is 12.3 Å². The van der Waals surface area contributed by atoms with E-state index in [0.717, 1.165) is 33.7 Å². The van der Waals surface area contributed by atoms with E-state index in [2.05, 4.69) is 17.6 Å². The third-order valence-electron chi connectivity index (χ3n) is 4.73. The van der Waals surface area contributed by atoms with Crippen LogP contribution in [0.15, 0.2) is 70.6 Å². The zero-order valence-corrected chi connectivity index (χ0v) is 20.7. The van der Waals surface area contributed by atoms with Crippen molar-refractivity contribution in [2.45, 2.75) is 11.0 Å². The number of thioether (sulfide) groups is 1. The standard InChI is InChI=1S/C17H14O3.C10H14N2O2S/c1-3-13-4-8-16(9-5-13)20-17(12-18)14-6-10-15(19-2)11-7-14;1-12-7-4-8(13-2)9(14-3)5-10(7)15-6-11/h1,4-12,17H,2H3;4-5H,1,6,11H2,2-3H3. The molecule has 0 saturated carbocycles. The smallest absolute Gasteiger partial charge is 0.179 e. The number of rotatable bonds is 10. The van der Waals surface area contributed by atoms with E-state index in [1.54, 1.807) is 75.9 Å². The Morgan fingerprint density at radius 3 is 2.09 bits per heavy atom. The highest BCUT2D eigenvalue weighted by Crippen LogP contribution is 2.39. The molecule has 35 heavy (non-hydrogen) atoms. The topological polar surface area (TPSA) is 92.4 Å². The Hall–Kier alpha value is -3.93. The van der Waals surface area contributed by atoms with Crippen LogP contribution in [-0.2, 0) is 4.79 Å². The van der Waals surface area contributed by atoms with Crippen LogP contribution in [0.1, 0.15) is 17.2 Å². The van der Waals surface area contributed by atoms with Gasteiger partial charge in [0.2, 0.25) is 0 Å². The summed E-state index contributed by atoms with van der Waals surface area (Å²) in [7, 11) is 4.77. The fraction of sp³-hybridized carbons (Fsp3) is 0.185. The lowest BCUT2D eigenvalue weighted by atomic mass is 10.1. The Bertz CT molecular complexity index is 1140. The molecule has 1 unspecified atom stereocenters. The molecule has 0 aromatic heterocycles. The van der Waals surface area contributed by atoms with E-state index in [1.165, 1.54) is 11.8 Å². The molecule has 0 radical (unpaired) electrons. The molecule has 8 heteroatoms. The fourth-order valence-electron chi connectivity index (χ4n) is 2.92. The lowest BCUT2D eigenvalue weighted by Gasteiger charge is -2.14. The molecule has 0 aliphatic heterocycles. The quantitative estimate of drug-likeness (QED) is 0.139. The molecular weight excluding hydrogens is 464 g/mol. The molecule has 0 spiro atoms. The average Bonchev–Trinajstić information content (AvgIpc) is 2.92. The van der Waals surface area contributed by atoms with E-state index < -0.39 is 6.10 Å². The van der Waals surface area contributed by atoms with Gasteiger partial charge in [-0.25, -0.2) is 0 Å². The molecule has 7 nitrogen and oxygen atoms in total. The first kappa shape index (κ1) is 27.3. The lowest BCUT2D eigenvalue weighted by Crippen LogP contribution is -2.08. The van der Waals surface area contributed by atoms with Crippen molar-refractivity contribution in [2.75, 3.05) is 27.2 Å². The van der Waals surface area contributed by atoms with Gasteiger partial charge in [-0.05, 0) is 54.7 Å². The van der Waals surface area contributed by atoms with Crippen LogP contribution in [0.25, 0.3) is 0 Å². The van der Waals surface area contributed by atoms with Crippen molar-refractivity contribution in [3.05, 3.63) is 71.8 Å². The van der Waals surface area contributed by atoms with Crippen molar-refractivity contribution < 1.29 is 23.7 Å². The SMILES string of the molecule is C#Cc1ccc(OC(C=O)c2ccc(OC)cc2)cc1.C=Nc1cc(OC)c(OC)cc1SCN. The number of carbonyl (C=O) groups excluding carboxylic acids is 1. The predicted molar refractivity (Wildman–Crippen MR) is 140 cm³/mol. The van der Waals surface area contributed by atoms with E-state index in [9.17, 15) is 4.79 Å². The summed E-state index contributed by atoms with van der Waals surface area (Å²) in [4.78, 5) is 16.0. The third kappa shape index (κ3) is 7.81. The zero-order valence-electron chi connectivity index (χ0n) is 19.9. The van der Waals surface area contributed by atoms with Crippen LogP contribution < -0.4 is 24.7 Å². The van der Waals surface area contributed by atoms with Crippen LogP contribution in [-0.4, -0.2) is 40.2 Å². The van der Waals surface area contributed by atoms with Crippen molar-refractivity contribution >= 4 is 30.5 Å². The molecule has 1 atom stereocenters. The van der Waals surface area contributed by atoms with Gasteiger partial charge in [-0.3, -0.25) is 9.79 Å². The van der Waals surface area contributed by atoms with Crippen molar-refractivity contribution in [1.82, 2.24) is 0 Å². The number of hydrogen-bond donors (Lipinski definition) is 1. The number of carbonyl (C=O) groups is 1. The van der Waals surface area contributed by atoms with Crippen molar-refractivity contribution in [1.29, 1.82) is 0 Å². The van der Waals surface area contributed by atoms with E-state index in [4.69, 9.17) is 31.1 Å². The minimum Gasteiger partial charge on any atom is -0.497 e. The fourth-order valence-corrected chi connectivity index (χ4v) is 3.56. The molecule has 182 valence electrons. The van der Waals surface area contributed by atoms with Crippen molar-refractivity contribution in [2.24, 2.45) is 10.7 Å². The number of nitrogens with two attached hydrogens (primary N) is 1. The first-order chi connectivity index (χ1) is 17.0. The van der Waals surface area contributed by atoms with Gasteiger partial charge in [0.15, 0.2) is 23.9 Å². The van der Waals surface area contributed by atoms with E-state index in [0.29, 0.717) is 23.1 Å². The van der Waals surface area contributed by atoms with Crippen molar-refractivity contribution in [3.63, 3.8) is 0 Å². The number of hydrogen-bond acceptors (Lipinski definition) is 8. The maximum Gasteiger partial charge on any atom is 0.179 e. The predicted octanol–water partition coefficient (Wildman–Crippen LogP) is 5.04. The monoisotopic (exact) mass is 492 g/mol. The molecule has 3 aromatic carbocycles. The summed E-state index contributed by atoms with van der Waals surface area (Å²) in [6.45, 7) is 3.50. The Labute approximate surface area is 210 Å². The lowest BCUT2D eigenvalue weighted by molar-refractivity contribution is -0.113. The van der Waals surface area contributed by atoms with Gasteiger partial charge in [-0.2, -0.15) is 0 Å². The molecule has 2 N–H and O–H groups in total. The maximum absolute atomic E-state index is 11.2. The summed E-state index contributed by atoms with van der Waals surface area (Å²) in [5.74, 6) is 5.65. The van der Waals surface area contributed by atoms with Crippen LogP contribution >= 0.6 is 11.8 Å². The number of nitrogens with zero attached hydrogens (tertiary/aromatic N) is 1. The summed E-state index contributed by atoms with van der Waals surface area (Å²) >= 11 is 1.48. The summed E-state index contributed by atoms with van der Waals surface area (Å²) < 4.78 is 21.1. The summed E-state index contributed by atoms with van der Waals surface area (Å²) in [5, 5.41) is 0. The molecule has 0 aliphatic carbocycles. The van der Waals surface area contributed by atoms with Gasteiger partial charge in [0.25, 0.3) is 0 Å². The largest absolute Gasteiger partial charge is 0.497 e. The number of ether oxygens (including phenoxy) is 4. The van der Waals surface area contributed by atoms with Gasteiger partial charge >= 0.3 is 0 Å². The van der Waals surface area contributed by atoms with E-state index in [1.807, 2.05) is 6.07 Å². The highest BCUT2D eigenvalue weighted by atomic mass is 32.2. The summed E-state index contributed by atoms with van der Waals surface area (Å²) in [5.41, 5.74) is 7.76. The Morgan fingerprint density at radius 1 is 1.00 bits per heavy atom. The second-order valence-electron chi connectivity index (χ2n) is 6.76. The first-order valence-electron chi connectivity index (χ1n) is 10.4. The highest BCUT2D eigenvalue weighted by Gasteiger charge is 2.12. The molecule has 0 aliphatic rings. The Morgan fingerprint density at radius 2 is 1.60 bits per heavy atom. The van der Waals surface area contributed by atoms with Crippen LogP contribution in [0.4, 0.5) is 5.69 Å². The molecule has 0 bridgehead atoms. The minimum atomic E-state index is -0.655. The summed E-state index contributed by atoms with van der Waals surface area (Å²) in [6, 6.07) is 17.8. The number of methoxy groups -OCH3 is 3. The van der Waals surface area contributed by atoms with Crippen LogP contribution in [0.5, 0.6) is 23.0 Å². The van der Waals surface area contributed by atoms with Gasteiger partial charge in [0.05, 0.1) is 27.0 Å². The van der Waals surface area contributed by atoms with Gasteiger partial charge in [-0.1, -0.05) is 18.1 Å². The van der Waals surface area contributed by atoms with E-state index >= 15 is 0 Å². The second kappa shape index (κ2) is 14.4. The van der Waals surface area contributed by atoms with Gasteiger partial charge in [-0.15, -0.1) is 18.2 Å². The van der Waals surface area contributed by atoms with Crippen LogP contribution in [0.3, 0.4) is 0 Å². The van der Waals surface area contributed by atoms with Gasteiger partial charge in [0.1, 0.15) is 11.5 Å². The molecule has 0 amide bonds. The molecule has 3 aromatic rings. The maximum atomic E-state index is 11.2. The highest BCUT2D eigenvalue weighted by molar-refractivity contribution is 7.99. The normalized spacial score (nSPS) is 10.6.